The number of nitrogens with one attached hydrogen (secondary N) is 1. The van der Waals surface area contributed by atoms with Crippen LogP contribution in [-0.2, 0) is 14.3 Å². The largest absolute Gasteiger partial charge is 0.459 e. The van der Waals surface area contributed by atoms with Gasteiger partial charge in [-0.3, -0.25) is 4.79 Å². The average molecular weight is 171 g/mol. The van der Waals surface area contributed by atoms with E-state index in [1.807, 2.05) is 0 Å². The predicted molar refractivity (Wildman–Crippen MR) is 44.5 cm³/mol. The molecule has 0 rings (SSSR count). The van der Waals surface area contributed by atoms with E-state index in [1.165, 1.54) is 0 Å². The van der Waals surface area contributed by atoms with Crippen LogP contribution in [0.3, 0.4) is 0 Å². The third kappa shape index (κ3) is 4.49. The molecule has 0 atom stereocenters. The zero-order chi connectivity index (χ0) is 9.56. The number of hydrogen-bond acceptors (Lipinski definition) is 3. The van der Waals surface area contributed by atoms with Crippen LogP contribution in [0.15, 0.2) is 12.2 Å². The van der Waals surface area contributed by atoms with E-state index in [0.29, 0.717) is 6.54 Å². The predicted octanol–water partition coefficient (Wildman–Crippen LogP) is 0.242. The van der Waals surface area contributed by atoms with Crippen molar-refractivity contribution in [3.63, 3.8) is 0 Å². The van der Waals surface area contributed by atoms with Crippen LogP contribution < -0.4 is 5.32 Å². The van der Waals surface area contributed by atoms with Crippen molar-refractivity contribution < 1.29 is 14.3 Å². The van der Waals surface area contributed by atoms with Crippen LogP contribution >= 0.6 is 0 Å². The lowest BCUT2D eigenvalue weighted by Gasteiger charge is -2.02. The van der Waals surface area contributed by atoms with Gasteiger partial charge in [-0.25, -0.2) is 4.79 Å². The zero-order valence-electron chi connectivity index (χ0n) is 7.35. The summed E-state index contributed by atoms with van der Waals surface area (Å²) in [5.41, 5.74) is 0.785. The second-order valence-electron chi connectivity index (χ2n) is 2.36. The van der Waals surface area contributed by atoms with Gasteiger partial charge in [-0.2, -0.15) is 0 Å². The highest BCUT2D eigenvalue weighted by molar-refractivity contribution is 6.32. The topological polar surface area (TPSA) is 55.4 Å². The van der Waals surface area contributed by atoms with Crippen molar-refractivity contribution in [2.45, 2.75) is 13.8 Å². The van der Waals surface area contributed by atoms with Crippen LogP contribution in [0.4, 0.5) is 0 Å². The van der Waals surface area contributed by atoms with E-state index in [2.05, 4.69) is 16.6 Å². The van der Waals surface area contributed by atoms with Crippen molar-refractivity contribution in [2.75, 3.05) is 13.2 Å². The molecule has 0 saturated heterocycles. The van der Waals surface area contributed by atoms with Gasteiger partial charge in [0.25, 0.3) is 0 Å². The molecule has 0 aliphatic rings. The molecule has 1 amide bonds. The first-order chi connectivity index (χ1) is 5.57. The lowest BCUT2D eigenvalue weighted by molar-refractivity contribution is -0.154. The van der Waals surface area contributed by atoms with Crippen LogP contribution in [0.1, 0.15) is 13.8 Å². The van der Waals surface area contributed by atoms with Gasteiger partial charge in [-0.05, 0) is 13.8 Å². The lowest BCUT2D eigenvalue weighted by atomic mass is 10.3. The average Bonchev–Trinajstić information content (AvgIpc) is 2.00. The SMILES string of the molecule is C=C(C)CNC(=O)C(=O)OCC. The Bertz CT molecular complexity index is 198. The first-order valence-corrected chi connectivity index (χ1v) is 3.67. The van der Waals surface area contributed by atoms with E-state index < -0.39 is 11.9 Å². The van der Waals surface area contributed by atoms with Gasteiger partial charge >= 0.3 is 11.9 Å². The fraction of sp³-hybridized carbons (Fsp3) is 0.500. The van der Waals surface area contributed by atoms with Crippen molar-refractivity contribution >= 4 is 11.9 Å². The molecule has 0 bridgehead atoms. The number of amides is 1. The summed E-state index contributed by atoms with van der Waals surface area (Å²) in [5.74, 6) is -1.57. The number of carbonyl (C=O) groups excluding carboxylic acids is 2. The third-order valence-corrected chi connectivity index (χ3v) is 1.01. The maximum atomic E-state index is 10.8. The van der Waals surface area contributed by atoms with Crippen molar-refractivity contribution in [3.05, 3.63) is 12.2 Å². The van der Waals surface area contributed by atoms with Crippen molar-refractivity contribution in [2.24, 2.45) is 0 Å². The Morgan fingerprint density at radius 3 is 2.50 bits per heavy atom. The van der Waals surface area contributed by atoms with Gasteiger partial charge < -0.3 is 10.1 Å². The van der Waals surface area contributed by atoms with Crippen LogP contribution in [0.25, 0.3) is 0 Å². The van der Waals surface area contributed by atoms with Crippen LogP contribution in [0.2, 0.25) is 0 Å². The van der Waals surface area contributed by atoms with Crippen molar-refractivity contribution in [1.29, 1.82) is 0 Å². The molecule has 1 N–H and O–H groups in total. The standard InChI is InChI=1S/C8H13NO3/c1-4-12-8(11)7(10)9-5-6(2)3/h2,4-5H2,1,3H3,(H,9,10). The van der Waals surface area contributed by atoms with Gasteiger partial charge in [0, 0.05) is 6.54 Å². The summed E-state index contributed by atoms with van der Waals surface area (Å²) >= 11 is 0. The minimum absolute atomic E-state index is 0.208. The Kier molecular flexibility index (Phi) is 4.76. The Labute approximate surface area is 71.6 Å². The molecule has 0 aromatic heterocycles. The summed E-state index contributed by atoms with van der Waals surface area (Å²) in [6.07, 6.45) is 0. The van der Waals surface area contributed by atoms with E-state index in [-0.39, 0.29) is 6.61 Å². The molecule has 4 heteroatoms. The summed E-state index contributed by atoms with van der Waals surface area (Å²) in [6.45, 7) is 7.47. The van der Waals surface area contributed by atoms with E-state index >= 15 is 0 Å². The maximum Gasteiger partial charge on any atom is 0.396 e. The number of ether oxygens (including phenoxy) is 1. The van der Waals surface area contributed by atoms with Gasteiger partial charge in [0.05, 0.1) is 6.61 Å². The molecular weight excluding hydrogens is 158 g/mol. The van der Waals surface area contributed by atoms with E-state index in [1.54, 1.807) is 13.8 Å². The maximum absolute atomic E-state index is 10.8. The Balaban J connectivity index is 3.72. The molecule has 0 radical (unpaired) electrons. The Hall–Kier alpha value is -1.32. The van der Waals surface area contributed by atoms with Crippen molar-refractivity contribution in [3.8, 4) is 0 Å². The van der Waals surface area contributed by atoms with Gasteiger partial charge in [-0.1, -0.05) is 12.2 Å². The molecule has 0 fully saturated rings. The summed E-state index contributed by atoms with van der Waals surface area (Å²) in [7, 11) is 0. The molecule has 0 spiro atoms. The number of rotatable bonds is 3. The highest BCUT2D eigenvalue weighted by Crippen LogP contribution is 1.83. The molecule has 0 aliphatic heterocycles. The Morgan fingerprint density at radius 2 is 2.08 bits per heavy atom. The molecule has 0 aromatic carbocycles. The lowest BCUT2D eigenvalue weighted by Crippen LogP contribution is -2.33. The van der Waals surface area contributed by atoms with Crippen LogP contribution in [-0.4, -0.2) is 25.0 Å². The van der Waals surface area contributed by atoms with E-state index in [4.69, 9.17) is 0 Å². The molecule has 0 saturated carbocycles. The smallest absolute Gasteiger partial charge is 0.396 e. The third-order valence-electron chi connectivity index (χ3n) is 1.01. The summed E-state index contributed by atoms with van der Waals surface area (Å²) in [5, 5.41) is 2.35. The second-order valence-corrected chi connectivity index (χ2v) is 2.36. The van der Waals surface area contributed by atoms with E-state index in [0.717, 1.165) is 5.57 Å². The van der Waals surface area contributed by atoms with Gasteiger partial charge in [0.1, 0.15) is 0 Å². The summed E-state index contributed by atoms with van der Waals surface area (Å²) in [4.78, 5) is 21.5. The quantitative estimate of drug-likeness (QED) is 0.376. The van der Waals surface area contributed by atoms with Crippen molar-refractivity contribution in [1.82, 2.24) is 5.32 Å². The zero-order valence-corrected chi connectivity index (χ0v) is 7.35. The van der Waals surface area contributed by atoms with Gasteiger partial charge in [0.15, 0.2) is 0 Å². The molecule has 0 heterocycles. The number of carbonyl (C=O) groups is 2. The molecular formula is C8H13NO3. The fourth-order valence-corrected chi connectivity index (χ4v) is 0.500. The first kappa shape index (κ1) is 10.7. The van der Waals surface area contributed by atoms with Crippen LogP contribution in [0.5, 0.6) is 0 Å². The first-order valence-electron chi connectivity index (χ1n) is 3.67. The minimum Gasteiger partial charge on any atom is -0.459 e. The molecule has 68 valence electrons. The van der Waals surface area contributed by atoms with E-state index in [9.17, 15) is 9.59 Å². The van der Waals surface area contributed by atoms with Crippen LogP contribution in [0, 0.1) is 0 Å². The molecule has 4 nitrogen and oxygen atoms in total. The summed E-state index contributed by atoms with van der Waals surface area (Å²) < 4.78 is 4.46. The monoisotopic (exact) mass is 171 g/mol. The second kappa shape index (κ2) is 5.35. The van der Waals surface area contributed by atoms with Gasteiger partial charge in [-0.15, -0.1) is 0 Å². The van der Waals surface area contributed by atoms with Gasteiger partial charge in [0.2, 0.25) is 0 Å². The number of hydrogen-bond donors (Lipinski definition) is 1. The molecule has 0 aromatic rings. The Morgan fingerprint density at radius 1 is 1.50 bits per heavy atom. The number of esters is 1. The highest BCUT2D eigenvalue weighted by atomic mass is 16.5. The highest BCUT2D eigenvalue weighted by Gasteiger charge is 2.12. The molecule has 0 aliphatic carbocycles. The fourth-order valence-electron chi connectivity index (χ4n) is 0.500. The molecule has 0 unspecified atom stereocenters. The minimum atomic E-state index is -0.848. The normalized spacial score (nSPS) is 8.83. The molecule has 12 heavy (non-hydrogen) atoms. The summed E-state index contributed by atoms with van der Waals surface area (Å²) in [6, 6.07) is 0.